The van der Waals surface area contributed by atoms with Crippen LogP contribution in [-0.2, 0) is 9.53 Å². The van der Waals surface area contributed by atoms with E-state index in [9.17, 15) is 4.79 Å². The lowest BCUT2D eigenvalue weighted by Crippen LogP contribution is -2.47. The van der Waals surface area contributed by atoms with Crippen LogP contribution in [0.5, 0.6) is 0 Å². The lowest BCUT2D eigenvalue weighted by atomic mass is 10.1. The van der Waals surface area contributed by atoms with Gasteiger partial charge in [0.15, 0.2) is 5.11 Å². The summed E-state index contributed by atoms with van der Waals surface area (Å²) in [6, 6.07) is 7.38. The quantitative estimate of drug-likeness (QED) is 0.646. The zero-order valence-electron chi connectivity index (χ0n) is 13.3. The molecule has 0 aliphatic carbocycles. The second-order valence-electron chi connectivity index (χ2n) is 5.62. The van der Waals surface area contributed by atoms with E-state index in [-0.39, 0.29) is 18.0 Å². The van der Waals surface area contributed by atoms with Crippen LogP contribution in [0.25, 0.3) is 0 Å². The van der Waals surface area contributed by atoms with Crippen molar-refractivity contribution in [1.82, 2.24) is 5.32 Å². The van der Waals surface area contributed by atoms with E-state index in [1.807, 2.05) is 58.9 Å². The van der Waals surface area contributed by atoms with Crippen molar-refractivity contribution in [2.24, 2.45) is 5.92 Å². The highest BCUT2D eigenvalue weighted by molar-refractivity contribution is 7.80. The van der Waals surface area contributed by atoms with Gasteiger partial charge in [-0.1, -0.05) is 32.0 Å². The number of aryl methyl sites for hydroxylation is 1. The maximum absolute atomic E-state index is 12.1. The second-order valence-corrected chi connectivity index (χ2v) is 6.03. The molecule has 21 heavy (non-hydrogen) atoms. The molecule has 0 saturated carbocycles. The fourth-order valence-electron chi connectivity index (χ4n) is 1.82. The van der Waals surface area contributed by atoms with Gasteiger partial charge in [0.2, 0.25) is 0 Å². The van der Waals surface area contributed by atoms with Crippen LogP contribution < -0.4 is 10.6 Å². The first kappa shape index (κ1) is 17.4. The van der Waals surface area contributed by atoms with Crippen molar-refractivity contribution in [2.75, 3.05) is 5.32 Å². The highest BCUT2D eigenvalue weighted by Crippen LogP contribution is 2.13. The molecule has 1 atom stereocenters. The van der Waals surface area contributed by atoms with Gasteiger partial charge in [0.1, 0.15) is 6.04 Å². The number of ether oxygens (including phenoxy) is 1. The highest BCUT2D eigenvalue weighted by Gasteiger charge is 2.25. The van der Waals surface area contributed by atoms with Gasteiger partial charge in [0, 0.05) is 5.69 Å². The van der Waals surface area contributed by atoms with E-state index in [0.29, 0.717) is 5.11 Å². The van der Waals surface area contributed by atoms with Crippen LogP contribution in [0.4, 0.5) is 5.69 Å². The van der Waals surface area contributed by atoms with E-state index in [1.54, 1.807) is 0 Å². The van der Waals surface area contributed by atoms with Crippen molar-refractivity contribution < 1.29 is 9.53 Å². The van der Waals surface area contributed by atoms with Gasteiger partial charge in [-0.15, -0.1) is 0 Å². The molecule has 4 nitrogen and oxygen atoms in total. The second kappa shape index (κ2) is 7.98. The Bertz CT molecular complexity index is 501. The number of thiocarbonyl (C=S) groups is 1. The van der Waals surface area contributed by atoms with Crippen molar-refractivity contribution in [1.29, 1.82) is 0 Å². The topological polar surface area (TPSA) is 50.4 Å². The molecule has 1 aromatic rings. The average Bonchev–Trinajstić information content (AvgIpc) is 2.37. The van der Waals surface area contributed by atoms with E-state index >= 15 is 0 Å². The third-order valence-electron chi connectivity index (χ3n) is 2.95. The summed E-state index contributed by atoms with van der Waals surface area (Å²) in [6.07, 6.45) is -0.140. The monoisotopic (exact) mass is 308 g/mol. The lowest BCUT2D eigenvalue weighted by molar-refractivity contribution is -0.150. The summed E-state index contributed by atoms with van der Waals surface area (Å²) in [5, 5.41) is 6.58. The SMILES string of the molecule is Cc1ccccc1NC(=S)N[C@H](C(=O)OC(C)C)C(C)C. The molecular formula is C16H24N2O2S. The van der Waals surface area contributed by atoms with E-state index < -0.39 is 6.04 Å². The van der Waals surface area contributed by atoms with Gasteiger partial charge in [0.25, 0.3) is 0 Å². The molecule has 0 heterocycles. The molecule has 1 rings (SSSR count). The molecule has 116 valence electrons. The van der Waals surface area contributed by atoms with Gasteiger partial charge in [-0.2, -0.15) is 0 Å². The predicted octanol–water partition coefficient (Wildman–Crippen LogP) is 3.26. The molecule has 0 amide bonds. The maximum atomic E-state index is 12.1. The lowest BCUT2D eigenvalue weighted by Gasteiger charge is -2.24. The summed E-state index contributed by atoms with van der Waals surface area (Å²) in [5.74, 6) is -0.207. The Balaban J connectivity index is 2.69. The molecule has 0 bridgehead atoms. The average molecular weight is 308 g/mol. The highest BCUT2D eigenvalue weighted by atomic mass is 32.1. The number of carbonyl (C=O) groups is 1. The Morgan fingerprint density at radius 1 is 1.19 bits per heavy atom. The number of carbonyl (C=O) groups excluding carboxylic acids is 1. The fourth-order valence-corrected chi connectivity index (χ4v) is 2.05. The number of hydrogen-bond acceptors (Lipinski definition) is 3. The summed E-state index contributed by atoms with van der Waals surface area (Å²) in [4.78, 5) is 12.1. The minimum absolute atomic E-state index is 0.0767. The first-order chi connectivity index (χ1) is 9.81. The van der Waals surface area contributed by atoms with E-state index in [0.717, 1.165) is 11.3 Å². The Morgan fingerprint density at radius 3 is 2.33 bits per heavy atom. The van der Waals surface area contributed by atoms with Crippen LogP contribution in [0, 0.1) is 12.8 Å². The number of nitrogens with one attached hydrogen (secondary N) is 2. The number of rotatable bonds is 5. The maximum Gasteiger partial charge on any atom is 0.329 e. The third kappa shape index (κ3) is 5.71. The minimum atomic E-state index is -0.462. The van der Waals surface area contributed by atoms with Crippen LogP contribution in [0.2, 0.25) is 0 Å². The summed E-state index contributed by atoms with van der Waals surface area (Å²) in [6.45, 7) is 9.57. The normalized spacial score (nSPS) is 12.1. The predicted molar refractivity (Wildman–Crippen MR) is 90.4 cm³/mol. The summed E-state index contributed by atoms with van der Waals surface area (Å²) in [5.41, 5.74) is 2.02. The zero-order valence-corrected chi connectivity index (χ0v) is 14.1. The van der Waals surface area contributed by atoms with Crippen LogP contribution in [0.1, 0.15) is 33.3 Å². The van der Waals surface area contributed by atoms with Gasteiger partial charge in [-0.05, 0) is 50.5 Å². The summed E-state index contributed by atoms with van der Waals surface area (Å²) in [7, 11) is 0. The molecule has 0 saturated heterocycles. The smallest absolute Gasteiger partial charge is 0.329 e. The van der Waals surface area contributed by atoms with E-state index in [1.165, 1.54) is 0 Å². The first-order valence-electron chi connectivity index (χ1n) is 7.15. The summed E-state index contributed by atoms with van der Waals surface area (Å²) < 4.78 is 5.26. The number of hydrogen-bond donors (Lipinski definition) is 2. The van der Waals surface area contributed by atoms with Gasteiger partial charge in [-0.3, -0.25) is 0 Å². The number of para-hydroxylation sites is 1. The Labute approximate surface area is 132 Å². The molecule has 1 aromatic carbocycles. The Kier molecular flexibility index (Phi) is 6.62. The number of esters is 1. The van der Waals surface area contributed by atoms with E-state index in [4.69, 9.17) is 17.0 Å². The molecule has 0 aliphatic rings. The molecule has 0 spiro atoms. The van der Waals surface area contributed by atoms with Crippen molar-refractivity contribution in [3.05, 3.63) is 29.8 Å². The van der Waals surface area contributed by atoms with Gasteiger partial charge < -0.3 is 15.4 Å². The number of benzene rings is 1. The standard InChI is InChI=1S/C16H24N2O2S/c1-10(2)14(15(19)20-11(3)4)18-16(21)17-13-9-7-6-8-12(13)5/h6-11,14H,1-5H3,(H2,17,18,21)/t14-/m0/s1. The van der Waals surface area contributed by atoms with Crippen molar-refractivity contribution >= 4 is 29.0 Å². The Hall–Kier alpha value is -1.62. The molecule has 0 aromatic heterocycles. The van der Waals surface area contributed by atoms with Crippen molar-refractivity contribution in [2.45, 2.75) is 46.8 Å². The van der Waals surface area contributed by atoms with Crippen LogP contribution in [0.3, 0.4) is 0 Å². The largest absolute Gasteiger partial charge is 0.461 e. The molecule has 5 heteroatoms. The van der Waals surface area contributed by atoms with Gasteiger partial charge >= 0.3 is 5.97 Å². The van der Waals surface area contributed by atoms with E-state index in [2.05, 4.69) is 10.6 Å². The molecule has 2 N–H and O–H groups in total. The van der Waals surface area contributed by atoms with Gasteiger partial charge in [0.05, 0.1) is 6.10 Å². The minimum Gasteiger partial charge on any atom is -0.461 e. The molecule has 0 aliphatic heterocycles. The number of anilines is 1. The van der Waals surface area contributed by atoms with Crippen LogP contribution >= 0.6 is 12.2 Å². The molecule has 0 unspecified atom stereocenters. The third-order valence-corrected chi connectivity index (χ3v) is 3.17. The molecule has 0 radical (unpaired) electrons. The van der Waals surface area contributed by atoms with Crippen molar-refractivity contribution in [3.8, 4) is 0 Å². The fraction of sp³-hybridized carbons (Fsp3) is 0.500. The summed E-state index contributed by atoms with van der Waals surface area (Å²) >= 11 is 5.29. The Morgan fingerprint density at radius 2 is 1.81 bits per heavy atom. The zero-order chi connectivity index (χ0) is 16.0. The molecule has 0 fully saturated rings. The van der Waals surface area contributed by atoms with Crippen LogP contribution in [-0.4, -0.2) is 23.2 Å². The van der Waals surface area contributed by atoms with Crippen LogP contribution in [0.15, 0.2) is 24.3 Å². The van der Waals surface area contributed by atoms with Gasteiger partial charge in [-0.25, -0.2) is 4.79 Å². The first-order valence-corrected chi connectivity index (χ1v) is 7.55. The van der Waals surface area contributed by atoms with Crippen molar-refractivity contribution in [3.63, 3.8) is 0 Å². The molecular weight excluding hydrogens is 284 g/mol.